The van der Waals surface area contributed by atoms with E-state index < -0.39 is 17.9 Å². The Bertz CT molecular complexity index is 1160. The van der Waals surface area contributed by atoms with Gasteiger partial charge in [-0.15, -0.1) is 0 Å². The maximum Gasteiger partial charge on any atom is 0.231 e. The second-order valence-corrected chi connectivity index (χ2v) is 9.60. The van der Waals surface area contributed by atoms with Crippen LogP contribution in [0.3, 0.4) is 0 Å². The number of carbonyl (C=O) groups is 2. The number of amides is 2. The van der Waals surface area contributed by atoms with Gasteiger partial charge >= 0.3 is 0 Å². The number of amidine groups is 1. The van der Waals surface area contributed by atoms with Gasteiger partial charge in [-0.05, 0) is 42.7 Å². The highest BCUT2D eigenvalue weighted by molar-refractivity contribution is 6.30. The van der Waals surface area contributed by atoms with E-state index in [-0.39, 0.29) is 35.9 Å². The van der Waals surface area contributed by atoms with Crippen LogP contribution in [0.25, 0.3) is 0 Å². The summed E-state index contributed by atoms with van der Waals surface area (Å²) in [5, 5.41) is 7.74. The van der Waals surface area contributed by atoms with Gasteiger partial charge in [-0.25, -0.2) is 8.78 Å². The Hall–Kier alpha value is -3.20. The first-order valence-electron chi connectivity index (χ1n) is 11.8. The SMILES string of the molecule is O=C(CCC1=NNC2N(Cc3ccc(Cl)cc3)C(=O)C3CCCCC3N12)Nc1ccc(F)c(F)c1. The van der Waals surface area contributed by atoms with Crippen molar-refractivity contribution in [2.75, 3.05) is 5.32 Å². The predicted molar refractivity (Wildman–Crippen MR) is 128 cm³/mol. The van der Waals surface area contributed by atoms with E-state index in [2.05, 4.69) is 20.7 Å². The van der Waals surface area contributed by atoms with Crippen molar-refractivity contribution in [3.63, 3.8) is 0 Å². The van der Waals surface area contributed by atoms with Crippen molar-refractivity contribution in [2.45, 2.75) is 57.4 Å². The zero-order valence-corrected chi connectivity index (χ0v) is 19.8. The number of carbonyl (C=O) groups excluding carboxylic acids is 2. The molecule has 10 heteroatoms. The minimum Gasteiger partial charge on any atom is -0.326 e. The third-order valence-corrected chi connectivity index (χ3v) is 7.15. The number of nitrogens with one attached hydrogen (secondary N) is 2. The van der Waals surface area contributed by atoms with Gasteiger partial charge in [0.1, 0.15) is 5.84 Å². The van der Waals surface area contributed by atoms with Gasteiger partial charge in [0, 0.05) is 42.2 Å². The summed E-state index contributed by atoms with van der Waals surface area (Å²) in [4.78, 5) is 29.9. The molecular formula is C25H26ClF2N5O2. The zero-order chi connectivity index (χ0) is 24.5. The molecule has 184 valence electrons. The summed E-state index contributed by atoms with van der Waals surface area (Å²) < 4.78 is 26.6. The monoisotopic (exact) mass is 501 g/mol. The van der Waals surface area contributed by atoms with Gasteiger partial charge in [-0.2, -0.15) is 5.10 Å². The van der Waals surface area contributed by atoms with Crippen LogP contribution in [0.15, 0.2) is 47.6 Å². The molecule has 2 amide bonds. The summed E-state index contributed by atoms with van der Waals surface area (Å²) in [6.07, 6.45) is 3.82. The van der Waals surface area contributed by atoms with Crippen LogP contribution >= 0.6 is 11.6 Å². The quantitative estimate of drug-likeness (QED) is 0.613. The second kappa shape index (κ2) is 9.81. The number of rotatable bonds is 6. The van der Waals surface area contributed by atoms with Crippen LogP contribution < -0.4 is 10.7 Å². The third kappa shape index (κ3) is 4.82. The van der Waals surface area contributed by atoms with Crippen molar-refractivity contribution in [2.24, 2.45) is 11.0 Å². The van der Waals surface area contributed by atoms with Crippen LogP contribution in [0, 0.1) is 17.6 Å². The topological polar surface area (TPSA) is 77.0 Å². The van der Waals surface area contributed by atoms with E-state index in [9.17, 15) is 18.4 Å². The fourth-order valence-electron chi connectivity index (χ4n) is 5.21. The number of hydrazone groups is 1. The molecule has 0 aromatic heterocycles. The molecule has 1 aliphatic carbocycles. The molecule has 2 N–H and O–H groups in total. The first kappa shape index (κ1) is 23.5. The van der Waals surface area contributed by atoms with Crippen LogP contribution in [0.1, 0.15) is 44.1 Å². The molecule has 3 aliphatic rings. The highest BCUT2D eigenvalue weighted by Gasteiger charge is 2.50. The van der Waals surface area contributed by atoms with E-state index in [4.69, 9.17) is 11.6 Å². The molecule has 0 spiro atoms. The molecule has 3 unspecified atom stereocenters. The van der Waals surface area contributed by atoms with E-state index in [1.54, 1.807) is 0 Å². The number of halogens is 3. The van der Waals surface area contributed by atoms with Crippen molar-refractivity contribution in [1.29, 1.82) is 0 Å². The molecule has 1 saturated carbocycles. The standard InChI is InChI=1S/C25H26ClF2N5O2/c26-16-7-5-15(6-8-16)14-32-24(35)18-3-1-2-4-21(18)33-22(30-31-25(32)33)11-12-23(34)29-17-9-10-19(27)20(28)13-17/h5-10,13,18,21,25,31H,1-4,11-12,14H2,(H,29,34). The lowest BCUT2D eigenvalue weighted by Crippen LogP contribution is -2.67. The van der Waals surface area contributed by atoms with Crippen LogP contribution in [-0.4, -0.2) is 39.8 Å². The van der Waals surface area contributed by atoms with Crippen molar-refractivity contribution >= 4 is 34.9 Å². The number of fused-ring (bicyclic) bond motifs is 3. The minimum absolute atomic E-state index is 0.0331. The average molecular weight is 502 g/mol. The summed E-state index contributed by atoms with van der Waals surface area (Å²) in [5.41, 5.74) is 4.28. The molecule has 2 aliphatic heterocycles. The number of benzene rings is 2. The molecule has 0 bridgehead atoms. The molecule has 0 radical (unpaired) electrons. The lowest BCUT2D eigenvalue weighted by Gasteiger charge is -2.50. The molecule has 35 heavy (non-hydrogen) atoms. The molecule has 2 aromatic carbocycles. The normalized spacial score (nSPS) is 23.3. The summed E-state index contributed by atoms with van der Waals surface area (Å²) in [6.45, 7) is 0.423. The van der Waals surface area contributed by atoms with Gasteiger partial charge < -0.3 is 10.2 Å². The lowest BCUT2D eigenvalue weighted by atomic mass is 9.80. The first-order chi connectivity index (χ1) is 16.9. The van der Waals surface area contributed by atoms with Crippen LogP contribution in [-0.2, 0) is 16.1 Å². The fourth-order valence-corrected chi connectivity index (χ4v) is 5.34. The van der Waals surface area contributed by atoms with Gasteiger partial charge in [-0.3, -0.25) is 19.9 Å². The zero-order valence-electron chi connectivity index (χ0n) is 19.0. The molecule has 2 heterocycles. The number of hydrogen-bond acceptors (Lipinski definition) is 5. The molecule has 2 fully saturated rings. The van der Waals surface area contributed by atoms with E-state index >= 15 is 0 Å². The van der Waals surface area contributed by atoms with Crippen molar-refractivity contribution in [1.82, 2.24) is 15.2 Å². The van der Waals surface area contributed by atoms with E-state index in [0.29, 0.717) is 18.0 Å². The largest absolute Gasteiger partial charge is 0.326 e. The fraction of sp³-hybridized carbons (Fsp3) is 0.400. The Balaban J connectivity index is 1.29. The Labute approximate surface area is 207 Å². The highest BCUT2D eigenvalue weighted by atomic mass is 35.5. The maximum atomic E-state index is 13.5. The van der Waals surface area contributed by atoms with Gasteiger partial charge in [-0.1, -0.05) is 36.6 Å². The summed E-state index contributed by atoms with van der Waals surface area (Å²) in [7, 11) is 0. The van der Waals surface area contributed by atoms with Gasteiger partial charge in [0.05, 0.1) is 5.92 Å². The maximum absolute atomic E-state index is 13.5. The lowest BCUT2D eigenvalue weighted by molar-refractivity contribution is -0.156. The summed E-state index contributed by atoms with van der Waals surface area (Å²) >= 11 is 6.02. The second-order valence-electron chi connectivity index (χ2n) is 9.17. The molecule has 7 nitrogen and oxygen atoms in total. The molecule has 1 saturated heterocycles. The van der Waals surface area contributed by atoms with Crippen LogP contribution in [0.2, 0.25) is 5.02 Å². The third-order valence-electron chi connectivity index (χ3n) is 6.90. The molecular weight excluding hydrogens is 476 g/mol. The van der Waals surface area contributed by atoms with Crippen LogP contribution in [0.5, 0.6) is 0 Å². The predicted octanol–water partition coefficient (Wildman–Crippen LogP) is 4.44. The molecule has 5 rings (SSSR count). The van der Waals surface area contributed by atoms with E-state index in [1.807, 2.05) is 29.2 Å². The minimum atomic E-state index is -1.02. The molecule has 2 aromatic rings. The highest BCUT2D eigenvalue weighted by Crippen LogP contribution is 2.38. The number of hydrogen-bond donors (Lipinski definition) is 2. The average Bonchev–Trinajstić information content (AvgIpc) is 3.28. The van der Waals surface area contributed by atoms with E-state index in [1.165, 1.54) is 6.07 Å². The Morgan fingerprint density at radius 3 is 2.66 bits per heavy atom. The Morgan fingerprint density at radius 1 is 1.11 bits per heavy atom. The Kier molecular flexibility index (Phi) is 6.60. The van der Waals surface area contributed by atoms with Gasteiger partial charge in [0.25, 0.3) is 0 Å². The molecule has 3 atom stereocenters. The van der Waals surface area contributed by atoms with Gasteiger partial charge in [0.15, 0.2) is 17.9 Å². The van der Waals surface area contributed by atoms with Crippen LogP contribution in [0.4, 0.5) is 14.5 Å². The first-order valence-corrected chi connectivity index (χ1v) is 12.2. The van der Waals surface area contributed by atoms with Crippen molar-refractivity contribution < 1.29 is 18.4 Å². The summed E-state index contributed by atoms with van der Waals surface area (Å²) in [6, 6.07) is 10.7. The number of anilines is 1. The number of nitrogens with zero attached hydrogens (tertiary/aromatic N) is 3. The van der Waals surface area contributed by atoms with Crippen molar-refractivity contribution in [3.05, 3.63) is 64.7 Å². The summed E-state index contributed by atoms with van der Waals surface area (Å²) in [5.74, 6) is -1.59. The smallest absolute Gasteiger partial charge is 0.231 e. The van der Waals surface area contributed by atoms with Crippen molar-refractivity contribution in [3.8, 4) is 0 Å². The van der Waals surface area contributed by atoms with Gasteiger partial charge in [0.2, 0.25) is 11.8 Å². The Morgan fingerprint density at radius 2 is 1.89 bits per heavy atom. The van der Waals surface area contributed by atoms with E-state index in [0.717, 1.165) is 49.2 Å².